The topological polar surface area (TPSA) is 26.0 Å². The Morgan fingerprint density at radius 1 is 1.06 bits per heavy atom. The lowest BCUT2D eigenvalue weighted by Crippen LogP contribution is -2.14. The summed E-state index contributed by atoms with van der Waals surface area (Å²) in [6.07, 6.45) is 0. The predicted molar refractivity (Wildman–Crippen MR) is 71.5 cm³/mol. The van der Waals surface area contributed by atoms with E-state index in [1.54, 1.807) is 18.2 Å². The lowest BCUT2D eigenvalue weighted by molar-refractivity contribution is 0.565. The van der Waals surface area contributed by atoms with Crippen LogP contribution in [-0.4, -0.2) is 0 Å². The van der Waals surface area contributed by atoms with Crippen molar-refractivity contribution < 1.29 is 8.78 Å². The molecule has 2 aromatic rings. The van der Waals surface area contributed by atoms with E-state index in [-0.39, 0.29) is 5.56 Å². The van der Waals surface area contributed by atoms with Crippen LogP contribution in [0.1, 0.15) is 17.2 Å². The second-order valence-corrected chi connectivity index (χ2v) is 5.10. The summed E-state index contributed by atoms with van der Waals surface area (Å²) >= 11 is 9.15. The molecule has 0 spiro atoms. The average Bonchev–Trinajstić information content (AvgIpc) is 2.28. The number of halogens is 4. The molecule has 0 saturated carbocycles. The Kier molecular flexibility index (Phi) is 4.00. The van der Waals surface area contributed by atoms with E-state index in [2.05, 4.69) is 15.9 Å². The summed E-state index contributed by atoms with van der Waals surface area (Å²) in [5.74, 6) is -1.29. The molecular weight excluding hydrogens is 324 g/mol. The fraction of sp³-hybridized carbons (Fsp3) is 0.0769. The van der Waals surface area contributed by atoms with Crippen molar-refractivity contribution in [1.82, 2.24) is 0 Å². The lowest BCUT2D eigenvalue weighted by atomic mass is 9.99. The van der Waals surface area contributed by atoms with Gasteiger partial charge in [-0.05, 0) is 23.8 Å². The van der Waals surface area contributed by atoms with Gasteiger partial charge in [-0.15, -0.1) is 0 Å². The minimum atomic E-state index is -0.683. The van der Waals surface area contributed by atoms with Crippen LogP contribution in [0.15, 0.2) is 40.9 Å². The lowest BCUT2D eigenvalue weighted by Gasteiger charge is -2.15. The molecule has 0 fully saturated rings. The van der Waals surface area contributed by atoms with Gasteiger partial charge in [0.15, 0.2) is 0 Å². The summed E-state index contributed by atoms with van der Waals surface area (Å²) in [6, 6.07) is 7.72. The van der Waals surface area contributed by atoms with Gasteiger partial charge in [-0.25, -0.2) is 8.78 Å². The highest BCUT2D eigenvalue weighted by Gasteiger charge is 2.16. The van der Waals surface area contributed by atoms with Crippen LogP contribution in [0.25, 0.3) is 0 Å². The van der Waals surface area contributed by atoms with Crippen molar-refractivity contribution in [3.8, 4) is 0 Å². The van der Waals surface area contributed by atoms with E-state index < -0.39 is 17.7 Å². The van der Waals surface area contributed by atoms with Gasteiger partial charge in [0.2, 0.25) is 0 Å². The highest BCUT2D eigenvalue weighted by Crippen LogP contribution is 2.30. The number of benzene rings is 2. The zero-order valence-corrected chi connectivity index (χ0v) is 11.5. The SMILES string of the molecule is NC(c1ccc(F)cc1F)c1ccc(Cl)cc1Br. The summed E-state index contributed by atoms with van der Waals surface area (Å²) in [7, 11) is 0. The normalized spacial score (nSPS) is 12.5. The van der Waals surface area contributed by atoms with Gasteiger partial charge in [0.05, 0.1) is 6.04 Å². The largest absolute Gasteiger partial charge is 0.320 e. The van der Waals surface area contributed by atoms with Crippen molar-refractivity contribution in [3.05, 3.63) is 68.7 Å². The van der Waals surface area contributed by atoms with Crippen LogP contribution in [0.2, 0.25) is 5.02 Å². The molecule has 5 heteroatoms. The molecule has 0 radical (unpaired) electrons. The third-order valence-corrected chi connectivity index (χ3v) is 3.52. The van der Waals surface area contributed by atoms with E-state index in [9.17, 15) is 8.78 Å². The van der Waals surface area contributed by atoms with E-state index in [0.717, 1.165) is 6.07 Å². The first-order valence-electron chi connectivity index (χ1n) is 5.14. The fourth-order valence-corrected chi connectivity index (χ4v) is 2.60. The summed E-state index contributed by atoms with van der Waals surface area (Å²) in [4.78, 5) is 0. The molecule has 0 aliphatic rings. The first-order valence-corrected chi connectivity index (χ1v) is 6.31. The Balaban J connectivity index is 2.44. The summed E-state index contributed by atoms with van der Waals surface area (Å²) in [5, 5.41) is 0.553. The third kappa shape index (κ3) is 2.71. The standard InChI is InChI=1S/C13H9BrClF2N/c14-11-5-7(15)1-3-9(11)13(18)10-4-2-8(16)6-12(10)17/h1-6,13H,18H2. The van der Waals surface area contributed by atoms with E-state index >= 15 is 0 Å². The minimum Gasteiger partial charge on any atom is -0.320 e. The van der Waals surface area contributed by atoms with Crippen LogP contribution in [0.4, 0.5) is 8.78 Å². The first-order chi connectivity index (χ1) is 8.49. The molecule has 94 valence electrons. The fourth-order valence-electron chi connectivity index (χ4n) is 1.67. The first kappa shape index (κ1) is 13.5. The molecule has 0 aromatic heterocycles. The van der Waals surface area contributed by atoms with Crippen LogP contribution in [0.5, 0.6) is 0 Å². The van der Waals surface area contributed by atoms with Crippen molar-refractivity contribution in [2.75, 3.05) is 0 Å². The van der Waals surface area contributed by atoms with Gasteiger partial charge in [-0.1, -0.05) is 39.7 Å². The van der Waals surface area contributed by atoms with Gasteiger partial charge >= 0.3 is 0 Å². The monoisotopic (exact) mass is 331 g/mol. The Hall–Kier alpha value is -0.970. The molecule has 2 aromatic carbocycles. The summed E-state index contributed by atoms with van der Waals surface area (Å²) < 4.78 is 27.2. The molecule has 0 bridgehead atoms. The van der Waals surface area contributed by atoms with Crippen molar-refractivity contribution in [2.45, 2.75) is 6.04 Å². The van der Waals surface area contributed by atoms with Gasteiger partial charge < -0.3 is 5.73 Å². The van der Waals surface area contributed by atoms with Crippen molar-refractivity contribution >= 4 is 27.5 Å². The molecule has 1 atom stereocenters. The van der Waals surface area contributed by atoms with Crippen LogP contribution >= 0.6 is 27.5 Å². The third-order valence-electron chi connectivity index (χ3n) is 2.60. The van der Waals surface area contributed by atoms with E-state index in [0.29, 0.717) is 15.1 Å². The maximum Gasteiger partial charge on any atom is 0.131 e. The second-order valence-electron chi connectivity index (χ2n) is 3.81. The molecule has 18 heavy (non-hydrogen) atoms. The number of hydrogen-bond donors (Lipinski definition) is 1. The Morgan fingerprint density at radius 3 is 2.33 bits per heavy atom. The van der Waals surface area contributed by atoms with Crippen LogP contribution in [0.3, 0.4) is 0 Å². The van der Waals surface area contributed by atoms with Crippen LogP contribution in [0, 0.1) is 11.6 Å². The smallest absolute Gasteiger partial charge is 0.131 e. The minimum absolute atomic E-state index is 0.236. The summed E-state index contributed by atoms with van der Waals surface area (Å²) in [5.41, 5.74) is 6.90. The molecule has 0 heterocycles. The second kappa shape index (κ2) is 5.34. The molecule has 1 unspecified atom stereocenters. The number of nitrogens with two attached hydrogens (primary N) is 1. The number of rotatable bonds is 2. The van der Waals surface area contributed by atoms with Gasteiger partial charge in [-0.2, -0.15) is 0 Å². The predicted octanol–water partition coefficient (Wildman–Crippen LogP) is 4.43. The molecule has 0 amide bonds. The molecule has 0 aliphatic carbocycles. The summed E-state index contributed by atoms with van der Waals surface area (Å²) in [6.45, 7) is 0. The molecule has 0 saturated heterocycles. The van der Waals surface area contributed by atoms with Crippen molar-refractivity contribution in [1.29, 1.82) is 0 Å². The quantitative estimate of drug-likeness (QED) is 0.865. The van der Waals surface area contributed by atoms with E-state index in [1.165, 1.54) is 12.1 Å². The van der Waals surface area contributed by atoms with Gasteiger partial charge in [0, 0.05) is 21.1 Å². The molecule has 0 aliphatic heterocycles. The highest BCUT2D eigenvalue weighted by atomic mass is 79.9. The van der Waals surface area contributed by atoms with Crippen LogP contribution in [-0.2, 0) is 0 Å². The van der Waals surface area contributed by atoms with E-state index in [1.807, 2.05) is 0 Å². The molecule has 1 nitrogen and oxygen atoms in total. The Labute approximate surface area is 117 Å². The van der Waals surface area contributed by atoms with Gasteiger partial charge in [0.1, 0.15) is 11.6 Å². The maximum absolute atomic E-state index is 13.6. The van der Waals surface area contributed by atoms with Crippen molar-refractivity contribution in [3.63, 3.8) is 0 Å². The average molecular weight is 333 g/mol. The Bertz CT molecular complexity index is 538. The zero-order valence-electron chi connectivity index (χ0n) is 9.13. The maximum atomic E-state index is 13.6. The molecule has 2 rings (SSSR count). The zero-order chi connectivity index (χ0) is 13.3. The van der Waals surface area contributed by atoms with Crippen molar-refractivity contribution in [2.24, 2.45) is 5.73 Å². The van der Waals surface area contributed by atoms with Gasteiger partial charge in [-0.3, -0.25) is 0 Å². The highest BCUT2D eigenvalue weighted by molar-refractivity contribution is 9.10. The molecular formula is C13H9BrClF2N. The Morgan fingerprint density at radius 2 is 1.72 bits per heavy atom. The molecule has 2 N–H and O–H groups in total. The number of hydrogen-bond acceptors (Lipinski definition) is 1. The van der Waals surface area contributed by atoms with Gasteiger partial charge in [0.25, 0.3) is 0 Å². The van der Waals surface area contributed by atoms with Crippen LogP contribution < -0.4 is 5.73 Å². The van der Waals surface area contributed by atoms with E-state index in [4.69, 9.17) is 17.3 Å².